The average Bonchev–Trinajstić information content (AvgIpc) is 2.78. The Balaban J connectivity index is 2.11. The molecule has 0 aliphatic rings. The Labute approximate surface area is 110 Å². The molecule has 0 saturated heterocycles. The van der Waals surface area contributed by atoms with Crippen molar-refractivity contribution in [1.82, 2.24) is 10.2 Å². The Morgan fingerprint density at radius 3 is 2.72 bits per heavy atom. The number of amides is 1. The van der Waals surface area contributed by atoms with Crippen molar-refractivity contribution >= 4 is 22.4 Å². The fourth-order valence-corrected chi connectivity index (χ4v) is 2.08. The summed E-state index contributed by atoms with van der Waals surface area (Å²) in [6.45, 7) is 6.18. The highest BCUT2D eigenvalue weighted by molar-refractivity contribution is 7.15. The molecule has 0 saturated carbocycles. The molecule has 0 unspecified atom stereocenters. The van der Waals surface area contributed by atoms with Crippen molar-refractivity contribution in [3.8, 4) is 0 Å². The van der Waals surface area contributed by atoms with Crippen LogP contribution in [0.1, 0.15) is 36.1 Å². The van der Waals surface area contributed by atoms with Crippen molar-refractivity contribution in [2.45, 2.75) is 26.2 Å². The van der Waals surface area contributed by atoms with Gasteiger partial charge in [-0.15, -0.1) is 10.2 Å². The first-order valence-corrected chi connectivity index (χ1v) is 6.40. The van der Waals surface area contributed by atoms with Gasteiger partial charge in [-0.1, -0.05) is 44.2 Å². The van der Waals surface area contributed by atoms with Gasteiger partial charge in [0.1, 0.15) is 5.01 Å². The van der Waals surface area contributed by atoms with E-state index in [0.717, 1.165) is 5.01 Å². The normalized spacial score (nSPS) is 11.3. The standard InChI is InChI=1S/C13H14N3OS/c1-13(2,3)11-15-16-12(18-11)14-10(17)9-7-5-4-6-8-9/h4-5,7-8H,1-3H3,(H,14,16,17). The van der Waals surface area contributed by atoms with E-state index in [1.165, 1.54) is 11.3 Å². The Kier molecular flexibility index (Phi) is 3.43. The van der Waals surface area contributed by atoms with Gasteiger partial charge in [-0.3, -0.25) is 10.1 Å². The lowest BCUT2D eigenvalue weighted by molar-refractivity contribution is 0.102. The number of benzene rings is 1. The van der Waals surface area contributed by atoms with Crippen molar-refractivity contribution in [2.75, 3.05) is 5.32 Å². The molecule has 1 aromatic carbocycles. The summed E-state index contributed by atoms with van der Waals surface area (Å²) in [5, 5.41) is 12.2. The van der Waals surface area contributed by atoms with Crippen LogP contribution in [0.3, 0.4) is 0 Å². The molecule has 1 radical (unpaired) electrons. The molecule has 0 bridgehead atoms. The molecule has 1 heterocycles. The van der Waals surface area contributed by atoms with Crippen molar-refractivity contribution in [1.29, 1.82) is 0 Å². The van der Waals surface area contributed by atoms with E-state index in [4.69, 9.17) is 0 Å². The summed E-state index contributed by atoms with van der Waals surface area (Å²) in [5.41, 5.74) is 0.506. The van der Waals surface area contributed by atoms with Crippen molar-refractivity contribution in [3.63, 3.8) is 0 Å². The number of aromatic nitrogens is 2. The van der Waals surface area contributed by atoms with Crippen LogP contribution in [0.4, 0.5) is 5.13 Å². The molecular formula is C13H14N3OS. The monoisotopic (exact) mass is 260 g/mol. The zero-order valence-electron chi connectivity index (χ0n) is 10.5. The number of carbonyl (C=O) groups is 1. The van der Waals surface area contributed by atoms with Crippen LogP contribution in [0, 0.1) is 6.07 Å². The molecule has 0 fully saturated rings. The van der Waals surface area contributed by atoms with E-state index in [1.807, 2.05) is 0 Å². The topological polar surface area (TPSA) is 54.9 Å². The van der Waals surface area contributed by atoms with Crippen LogP contribution < -0.4 is 5.32 Å². The Hall–Kier alpha value is -1.75. The van der Waals surface area contributed by atoms with Gasteiger partial charge < -0.3 is 0 Å². The maximum atomic E-state index is 11.9. The molecule has 4 nitrogen and oxygen atoms in total. The predicted octanol–water partition coefficient (Wildman–Crippen LogP) is 2.89. The molecule has 0 aliphatic heterocycles. The highest BCUT2D eigenvalue weighted by Crippen LogP contribution is 2.27. The molecular weight excluding hydrogens is 246 g/mol. The van der Waals surface area contributed by atoms with E-state index in [2.05, 4.69) is 42.4 Å². The van der Waals surface area contributed by atoms with Gasteiger partial charge in [0, 0.05) is 11.0 Å². The van der Waals surface area contributed by atoms with Crippen LogP contribution in [0.5, 0.6) is 0 Å². The summed E-state index contributed by atoms with van der Waals surface area (Å²) in [6.07, 6.45) is 0. The Bertz CT molecular complexity index is 543. The number of nitrogens with one attached hydrogen (secondary N) is 1. The third-order valence-electron chi connectivity index (χ3n) is 2.26. The van der Waals surface area contributed by atoms with Gasteiger partial charge in [0.25, 0.3) is 5.91 Å². The first kappa shape index (κ1) is 12.7. The summed E-state index contributed by atoms with van der Waals surface area (Å²) in [6, 6.07) is 9.76. The zero-order valence-corrected chi connectivity index (χ0v) is 11.3. The van der Waals surface area contributed by atoms with Crippen LogP contribution in [0.15, 0.2) is 24.3 Å². The highest BCUT2D eigenvalue weighted by atomic mass is 32.1. The summed E-state index contributed by atoms with van der Waals surface area (Å²) < 4.78 is 0. The number of nitrogens with zero attached hydrogens (tertiary/aromatic N) is 2. The van der Waals surface area contributed by atoms with Crippen LogP contribution >= 0.6 is 11.3 Å². The molecule has 2 aromatic rings. The summed E-state index contributed by atoms with van der Waals surface area (Å²) in [4.78, 5) is 11.9. The van der Waals surface area contributed by atoms with E-state index < -0.39 is 0 Å². The minimum Gasteiger partial charge on any atom is -0.296 e. The van der Waals surface area contributed by atoms with Crippen molar-refractivity contribution in [2.24, 2.45) is 0 Å². The van der Waals surface area contributed by atoms with Crippen LogP contribution in [-0.4, -0.2) is 16.1 Å². The number of rotatable bonds is 2. The molecule has 2 rings (SSSR count). The van der Waals surface area contributed by atoms with E-state index in [1.54, 1.807) is 24.3 Å². The maximum absolute atomic E-state index is 11.9. The molecule has 0 atom stereocenters. The van der Waals surface area contributed by atoms with Crippen LogP contribution in [-0.2, 0) is 5.41 Å². The predicted molar refractivity (Wildman–Crippen MR) is 71.8 cm³/mol. The van der Waals surface area contributed by atoms with Gasteiger partial charge in [-0.25, -0.2) is 0 Å². The number of hydrogen-bond acceptors (Lipinski definition) is 4. The molecule has 93 valence electrons. The largest absolute Gasteiger partial charge is 0.296 e. The first-order chi connectivity index (χ1) is 8.47. The van der Waals surface area contributed by atoms with Crippen molar-refractivity contribution in [3.05, 3.63) is 40.9 Å². The van der Waals surface area contributed by atoms with E-state index >= 15 is 0 Å². The minimum absolute atomic E-state index is 0.0544. The van der Waals surface area contributed by atoms with Gasteiger partial charge in [-0.2, -0.15) is 0 Å². The number of carbonyl (C=O) groups excluding carboxylic acids is 1. The van der Waals surface area contributed by atoms with Crippen LogP contribution in [0.25, 0.3) is 0 Å². The molecule has 1 aromatic heterocycles. The second-order valence-electron chi connectivity index (χ2n) is 4.91. The molecule has 1 amide bonds. The van der Waals surface area contributed by atoms with Gasteiger partial charge in [0.15, 0.2) is 0 Å². The summed E-state index contributed by atoms with van der Waals surface area (Å²) >= 11 is 1.40. The highest BCUT2D eigenvalue weighted by Gasteiger charge is 2.20. The van der Waals surface area contributed by atoms with Gasteiger partial charge in [-0.05, 0) is 18.2 Å². The van der Waals surface area contributed by atoms with Gasteiger partial charge >= 0.3 is 0 Å². The van der Waals surface area contributed by atoms with Gasteiger partial charge in [0.2, 0.25) is 5.13 Å². The van der Waals surface area contributed by atoms with E-state index in [0.29, 0.717) is 10.7 Å². The first-order valence-electron chi connectivity index (χ1n) is 5.58. The Morgan fingerprint density at radius 2 is 2.17 bits per heavy atom. The maximum Gasteiger partial charge on any atom is 0.257 e. The zero-order chi connectivity index (χ0) is 13.2. The SMILES string of the molecule is CC(C)(C)c1nnc(NC(=O)c2c[c]ccc2)s1. The molecule has 0 spiro atoms. The third-order valence-corrected chi connectivity index (χ3v) is 3.52. The molecule has 5 heteroatoms. The second-order valence-corrected chi connectivity index (χ2v) is 5.89. The molecule has 1 N–H and O–H groups in total. The lowest BCUT2D eigenvalue weighted by Crippen LogP contribution is -2.11. The lowest BCUT2D eigenvalue weighted by Gasteiger charge is -2.12. The third kappa shape index (κ3) is 2.92. The smallest absolute Gasteiger partial charge is 0.257 e. The minimum atomic E-state index is -0.191. The van der Waals surface area contributed by atoms with E-state index in [9.17, 15) is 4.79 Å². The fourth-order valence-electron chi connectivity index (χ4n) is 1.28. The molecule has 0 aliphatic carbocycles. The quantitative estimate of drug-likeness (QED) is 0.903. The van der Waals surface area contributed by atoms with E-state index in [-0.39, 0.29) is 11.3 Å². The van der Waals surface area contributed by atoms with Crippen LogP contribution in [0.2, 0.25) is 0 Å². The van der Waals surface area contributed by atoms with Gasteiger partial charge in [0.05, 0.1) is 0 Å². The van der Waals surface area contributed by atoms with Crippen molar-refractivity contribution < 1.29 is 4.79 Å². The Morgan fingerprint density at radius 1 is 1.39 bits per heavy atom. The average molecular weight is 260 g/mol. The molecule has 18 heavy (non-hydrogen) atoms. The summed E-state index contributed by atoms with van der Waals surface area (Å²) in [7, 11) is 0. The second kappa shape index (κ2) is 4.86. The fraction of sp³-hybridized carbons (Fsp3) is 0.308. The number of anilines is 1. The summed E-state index contributed by atoms with van der Waals surface area (Å²) in [5.74, 6) is -0.191. The lowest BCUT2D eigenvalue weighted by atomic mass is 9.98. The number of hydrogen-bond donors (Lipinski definition) is 1.